The molecule has 2 saturated heterocycles. The molecule has 5 nitrogen and oxygen atoms in total. The second kappa shape index (κ2) is 7.23. The van der Waals surface area contributed by atoms with E-state index in [0.717, 1.165) is 11.9 Å². The van der Waals surface area contributed by atoms with E-state index in [9.17, 15) is 9.59 Å². The van der Waals surface area contributed by atoms with Gasteiger partial charge in [-0.3, -0.25) is 9.59 Å². The van der Waals surface area contributed by atoms with Crippen molar-refractivity contribution in [2.75, 3.05) is 19.6 Å². The van der Waals surface area contributed by atoms with Gasteiger partial charge in [-0.1, -0.05) is 24.6 Å². The summed E-state index contributed by atoms with van der Waals surface area (Å²) >= 11 is 0. The molecule has 0 aliphatic carbocycles. The third kappa shape index (κ3) is 3.16. The lowest BCUT2D eigenvalue weighted by molar-refractivity contribution is 0.0576. The molecule has 2 fully saturated rings. The number of aryl methyl sites for hydroxylation is 1. The molecule has 5 heteroatoms. The Morgan fingerprint density at radius 1 is 1.12 bits per heavy atom. The summed E-state index contributed by atoms with van der Waals surface area (Å²) in [7, 11) is 1.70. The number of hydrogen-bond acceptors (Lipinski definition) is 3. The van der Waals surface area contributed by atoms with Crippen LogP contribution in [0, 0.1) is 5.92 Å². The standard InChI is InChI=1S/C21H27N3O2/c1-23-14-18(16-8-2-3-9-17(16)21(23)26)20(25)22-13-15-7-6-12-24-11-5-4-10-19(15)24/h2-3,8-9,14-15,19H,4-7,10-13H2,1H3,(H,22,25). The van der Waals surface area contributed by atoms with Crippen LogP contribution in [0.2, 0.25) is 0 Å². The Kier molecular flexibility index (Phi) is 4.81. The number of benzene rings is 1. The first-order valence-corrected chi connectivity index (χ1v) is 9.76. The lowest BCUT2D eigenvalue weighted by Crippen LogP contribution is -2.51. The van der Waals surface area contributed by atoms with Gasteiger partial charge < -0.3 is 14.8 Å². The van der Waals surface area contributed by atoms with Gasteiger partial charge in [0.1, 0.15) is 0 Å². The Morgan fingerprint density at radius 2 is 1.88 bits per heavy atom. The second-order valence-corrected chi connectivity index (χ2v) is 7.72. The summed E-state index contributed by atoms with van der Waals surface area (Å²) in [6.07, 6.45) is 7.93. The van der Waals surface area contributed by atoms with Crippen LogP contribution in [0.15, 0.2) is 35.3 Å². The Balaban J connectivity index is 1.53. The molecule has 26 heavy (non-hydrogen) atoms. The molecule has 3 heterocycles. The third-order valence-corrected chi connectivity index (χ3v) is 6.09. The van der Waals surface area contributed by atoms with Gasteiger partial charge in [-0.05, 0) is 50.8 Å². The van der Waals surface area contributed by atoms with Crippen LogP contribution in [0.25, 0.3) is 10.8 Å². The smallest absolute Gasteiger partial charge is 0.258 e. The lowest BCUT2D eigenvalue weighted by atomic mass is 9.83. The van der Waals surface area contributed by atoms with E-state index in [2.05, 4.69) is 10.2 Å². The zero-order valence-electron chi connectivity index (χ0n) is 15.4. The molecule has 0 spiro atoms. The van der Waals surface area contributed by atoms with Crippen molar-refractivity contribution in [1.29, 1.82) is 0 Å². The van der Waals surface area contributed by atoms with Crippen molar-refractivity contribution >= 4 is 16.7 Å². The molecule has 0 bridgehead atoms. The lowest BCUT2D eigenvalue weighted by Gasteiger charge is -2.44. The van der Waals surface area contributed by atoms with Crippen molar-refractivity contribution in [3.8, 4) is 0 Å². The molecular weight excluding hydrogens is 326 g/mol. The number of piperidine rings is 2. The highest BCUT2D eigenvalue weighted by atomic mass is 16.2. The molecule has 1 aromatic carbocycles. The molecule has 2 atom stereocenters. The van der Waals surface area contributed by atoms with Gasteiger partial charge in [-0.25, -0.2) is 0 Å². The van der Waals surface area contributed by atoms with E-state index in [1.807, 2.05) is 18.2 Å². The maximum Gasteiger partial charge on any atom is 0.258 e. The highest BCUT2D eigenvalue weighted by Gasteiger charge is 2.33. The number of rotatable bonds is 3. The Bertz CT molecular complexity index is 871. The number of nitrogens with one attached hydrogen (secondary N) is 1. The van der Waals surface area contributed by atoms with E-state index >= 15 is 0 Å². The zero-order valence-corrected chi connectivity index (χ0v) is 15.4. The van der Waals surface area contributed by atoms with Crippen LogP contribution in [0.1, 0.15) is 42.5 Å². The summed E-state index contributed by atoms with van der Waals surface area (Å²) in [5.74, 6) is 0.455. The summed E-state index contributed by atoms with van der Waals surface area (Å²) in [5.41, 5.74) is 0.515. The molecule has 1 aromatic heterocycles. The highest BCUT2D eigenvalue weighted by molar-refractivity contribution is 6.06. The largest absolute Gasteiger partial charge is 0.352 e. The molecule has 1 N–H and O–H groups in total. The zero-order chi connectivity index (χ0) is 18.1. The van der Waals surface area contributed by atoms with Gasteiger partial charge in [0.2, 0.25) is 0 Å². The second-order valence-electron chi connectivity index (χ2n) is 7.72. The fraction of sp³-hybridized carbons (Fsp3) is 0.524. The number of carbonyl (C=O) groups excluding carboxylic acids is 1. The van der Waals surface area contributed by atoms with Gasteiger partial charge in [-0.15, -0.1) is 0 Å². The number of pyridine rings is 1. The molecule has 138 valence electrons. The fourth-order valence-electron chi connectivity index (χ4n) is 4.73. The summed E-state index contributed by atoms with van der Waals surface area (Å²) < 4.78 is 1.50. The molecule has 2 unspecified atom stereocenters. The maximum absolute atomic E-state index is 12.9. The Hall–Kier alpha value is -2.14. The van der Waals surface area contributed by atoms with Crippen LogP contribution < -0.4 is 10.9 Å². The summed E-state index contributed by atoms with van der Waals surface area (Å²) in [5, 5.41) is 4.49. The van der Waals surface area contributed by atoms with Gasteiger partial charge >= 0.3 is 0 Å². The van der Waals surface area contributed by atoms with Crippen LogP contribution >= 0.6 is 0 Å². The molecule has 0 saturated carbocycles. The van der Waals surface area contributed by atoms with Gasteiger partial charge in [0.05, 0.1) is 5.56 Å². The molecule has 2 aliphatic heterocycles. The van der Waals surface area contributed by atoms with Crippen LogP contribution in [0.5, 0.6) is 0 Å². The SMILES string of the molecule is Cn1cc(C(=O)NCC2CCCN3CCCCC23)c2ccccc2c1=O. The van der Waals surface area contributed by atoms with Crippen LogP contribution in [0.3, 0.4) is 0 Å². The summed E-state index contributed by atoms with van der Waals surface area (Å²) in [6.45, 7) is 3.14. The first kappa shape index (κ1) is 17.3. The van der Waals surface area contributed by atoms with Gasteiger partial charge in [-0.2, -0.15) is 0 Å². The maximum atomic E-state index is 12.9. The minimum atomic E-state index is -0.0790. The van der Waals surface area contributed by atoms with Crippen LogP contribution in [-0.2, 0) is 7.05 Å². The van der Waals surface area contributed by atoms with Crippen molar-refractivity contribution in [2.45, 2.75) is 38.1 Å². The average molecular weight is 353 g/mol. The molecule has 2 aliphatic rings. The number of carbonyl (C=O) groups is 1. The summed E-state index contributed by atoms with van der Waals surface area (Å²) in [4.78, 5) is 27.8. The van der Waals surface area contributed by atoms with Crippen molar-refractivity contribution in [2.24, 2.45) is 13.0 Å². The first-order valence-electron chi connectivity index (χ1n) is 9.76. The van der Waals surface area contributed by atoms with Crippen molar-refractivity contribution in [1.82, 2.24) is 14.8 Å². The van der Waals surface area contributed by atoms with Crippen molar-refractivity contribution < 1.29 is 4.79 Å². The number of aromatic nitrogens is 1. The third-order valence-electron chi connectivity index (χ3n) is 6.09. The molecular formula is C21H27N3O2. The summed E-state index contributed by atoms with van der Waals surface area (Å²) in [6, 6.07) is 7.98. The Labute approximate surface area is 154 Å². The molecule has 0 radical (unpaired) electrons. The molecule has 4 rings (SSSR count). The number of hydrogen-bond donors (Lipinski definition) is 1. The van der Waals surface area contributed by atoms with E-state index in [1.54, 1.807) is 19.3 Å². The molecule has 2 aromatic rings. The minimum Gasteiger partial charge on any atom is -0.352 e. The first-order chi connectivity index (χ1) is 12.6. The molecule has 1 amide bonds. The number of nitrogens with zero attached hydrogens (tertiary/aromatic N) is 2. The van der Waals surface area contributed by atoms with Crippen molar-refractivity contribution in [3.63, 3.8) is 0 Å². The van der Waals surface area contributed by atoms with Gasteiger partial charge in [0.15, 0.2) is 0 Å². The minimum absolute atomic E-state index is 0.0673. The van der Waals surface area contributed by atoms with E-state index in [1.165, 1.54) is 49.8 Å². The fourth-order valence-corrected chi connectivity index (χ4v) is 4.73. The van der Waals surface area contributed by atoms with Gasteiger partial charge in [0.25, 0.3) is 11.5 Å². The van der Waals surface area contributed by atoms with E-state index in [-0.39, 0.29) is 11.5 Å². The predicted octanol–water partition coefficient (Wildman–Crippen LogP) is 2.53. The number of amides is 1. The monoisotopic (exact) mass is 353 g/mol. The van der Waals surface area contributed by atoms with Crippen molar-refractivity contribution in [3.05, 3.63) is 46.4 Å². The van der Waals surface area contributed by atoms with E-state index < -0.39 is 0 Å². The van der Waals surface area contributed by atoms with Gasteiger partial charge in [0, 0.05) is 36.6 Å². The van der Waals surface area contributed by atoms with Crippen LogP contribution in [0.4, 0.5) is 0 Å². The average Bonchev–Trinajstić information content (AvgIpc) is 2.69. The van der Waals surface area contributed by atoms with E-state index in [0.29, 0.717) is 22.9 Å². The highest BCUT2D eigenvalue weighted by Crippen LogP contribution is 2.30. The van der Waals surface area contributed by atoms with E-state index in [4.69, 9.17) is 0 Å². The Morgan fingerprint density at radius 3 is 2.73 bits per heavy atom. The van der Waals surface area contributed by atoms with Crippen LogP contribution in [-0.4, -0.2) is 41.1 Å². The predicted molar refractivity (Wildman–Crippen MR) is 103 cm³/mol. The normalized spacial score (nSPS) is 23.6. The quantitative estimate of drug-likeness (QED) is 0.923. The topological polar surface area (TPSA) is 54.3 Å². The number of fused-ring (bicyclic) bond motifs is 2.